The summed E-state index contributed by atoms with van der Waals surface area (Å²) >= 11 is 0. The average molecular weight is 609 g/mol. The minimum Gasteiger partial charge on any atom is -0.874 e. The minimum absolute atomic E-state index is 0.113. The number of methoxy groups -OCH3 is 1. The van der Waals surface area contributed by atoms with E-state index in [4.69, 9.17) is 15.6 Å². The Hall–Kier alpha value is -4.83. The molecule has 0 unspecified atom stereocenters. The van der Waals surface area contributed by atoms with Gasteiger partial charge in [0.1, 0.15) is 0 Å². The van der Waals surface area contributed by atoms with Crippen molar-refractivity contribution in [3.63, 3.8) is 0 Å². The molecule has 0 amide bonds. The summed E-state index contributed by atoms with van der Waals surface area (Å²) in [5, 5.41) is 27.1. The fourth-order valence-electron chi connectivity index (χ4n) is 7.41. The number of hydrogen-bond acceptors (Lipinski definition) is 7. The van der Waals surface area contributed by atoms with Crippen LogP contribution in [0.25, 0.3) is 24.3 Å². The van der Waals surface area contributed by atoms with E-state index in [1.165, 1.54) is 12.1 Å². The summed E-state index contributed by atoms with van der Waals surface area (Å²) in [6.45, 7) is 14.1. The molecule has 0 saturated carbocycles. The van der Waals surface area contributed by atoms with Gasteiger partial charge in [-0.3, -0.25) is 14.6 Å². The largest absolute Gasteiger partial charge is 0.874 e. The standard InChI is InChI=1S/C35H39N5O5/c1-8-19-15(3)22-12-25-20(9-2)16(4)24(38-25)14-27-17(5)21(10-11-28(41)42)33(40(27)36)30-31(35(44)45-7)34(43)29-18(6)23(39-32(29)30)13-26(19)37-22/h9,12-14,17,21,31,37-38,43H,2,8,10-11,36H2,1,3-7H3,(H,41,42)/p-1/b22-12-,26-13-,27-14-,33-30?/t17-,21-,31+/m0/s1. The van der Waals surface area contributed by atoms with Crippen LogP contribution >= 0.6 is 0 Å². The second-order valence-corrected chi connectivity index (χ2v) is 12.1. The lowest BCUT2D eigenvalue weighted by molar-refractivity contribution is -0.311. The van der Waals surface area contributed by atoms with Crippen molar-refractivity contribution in [1.82, 2.24) is 15.0 Å². The Morgan fingerprint density at radius 3 is 2.53 bits per heavy atom. The molecule has 1 saturated heterocycles. The van der Waals surface area contributed by atoms with E-state index >= 15 is 0 Å². The number of nitrogens with one attached hydrogen (secondary N) is 2. The highest BCUT2D eigenvalue weighted by Gasteiger charge is 2.47. The first-order chi connectivity index (χ1) is 21.4. The van der Waals surface area contributed by atoms with Crippen LogP contribution in [0.5, 0.6) is 0 Å². The van der Waals surface area contributed by atoms with E-state index < -0.39 is 29.5 Å². The van der Waals surface area contributed by atoms with Crippen molar-refractivity contribution in [3.05, 3.63) is 90.5 Å². The van der Waals surface area contributed by atoms with Gasteiger partial charge in [-0.05, 0) is 79.7 Å². The first-order valence-electron chi connectivity index (χ1n) is 15.2. The van der Waals surface area contributed by atoms with E-state index in [1.807, 2.05) is 39.0 Å². The van der Waals surface area contributed by atoms with Crippen molar-refractivity contribution in [2.75, 3.05) is 7.11 Å². The lowest BCUT2D eigenvalue weighted by atomic mass is 9.84. The summed E-state index contributed by atoms with van der Waals surface area (Å²) < 4.78 is 5.14. The molecule has 3 atom stereocenters. The van der Waals surface area contributed by atoms with Gasteiger partial charge < -0.3 is 24.9 Å². The lowest BCUT2D eigenvalue weighted by Gasteiger charge is -2.25. The van der Waals surface area contributed by atoms with E-state index in [0.717, 1.165) is 56.5 Å². The molecular weight excluding hydrogens is 570 g/mol. The number of carbonyl (C=O) groups excluding carboxylic acids is 1. The number of fused-ring (bicyclic) bond motifs is 7. The van der Waals surface area contributed by atoms with Crippen LogP contribution in [-0.2, 0) is 20.7 Å². The average Bonchev–Trinajstić information content (AvgIpc) is 3.72. The number of nitrogens with zero attached hydrogens (tertiary/aromatic N) is 2. The van der Waals surface area contributed by atoms with Gasteiger partial charge in [-0.25, -0.2) is 10.8 Å². The molecule has 4 aliphatic rings. The number of ether oxygens (including phenoxy) is 1. The summed E-state index contributed by atoms with van der Waals surface area (Å²) in [4.78, 5) is 37.2. The number of allylic oxidation sites excluding steroid dienone is 5. The molecule has 45 heavy (non-hydrogen) atoms. The van der Waals surface area contributed by atoms with Crippen LogP contribution in [0.3, 0.4) is 0 Å². The number of carboxylic acids is 1. The van der Waals surface area contributed by atoms with E-state index in [1.54, 1.807) is 0 Å². The van der Waals surface area contributed by atoms with E-state index in [9.17, 15) is 19.8 Å². The molecule has 234 valence electrons. The molecule has 0 radical (unpaired) electrons. The summed E-state index contributed by atoms with van der Waals surface area (Å²) in [6.07, 6.45) is 8.75. The quantitative estimate of drug-likeness (QED) is 0.290. The Morgan fingerprint density at radius 2 is 1.89 bits per heavy atom. The van der Waals surface area contributed by atoms with Gasteiger partial charge >= 0.3 is 11.9 Å². The van der Waals surface area contributed by atoms with Crippen LogP contribution in [0, 0.1) is 31.6 Å². The molecule has 5 heterocycles. The third kappa shape index (κ3) is 4.46. The number of aromatic nitrogens is 2. The normalized spacial score (nSPS) is 24.7. The van der Waals surface area contributed by atoms with Crippen molar-refractivity contribution < 1.29 is 24.5 Å². The van der Waals surface area contributed by atoms with E-state index in [-0.39, 0.29) is 18.8 Å². The van der Waals surface area contributed by atoms with Crippen LogP contribution in [0.4, 0.5) is 0 Å². The second kappa shape index (κ2) is 11.0. The molecule has 3 aliphatic heterocycles. The number of rotatable bonds is 6. The number of hydrazine groups is 1. The third-order valence-electron chi connectivity index (χ3n) is 9.86. The summed E-state index contributed by atoms with van der Waals surface area (Å²) in [5.74, 6) is 2.97. The lowest BCUT2D eigenvalue weighted by Crippen LogP contribution is -2.32. The molecule has 8 bridgehead atoms. The number of esters is 1. The zero-order valence-electron chi connectivity index (χ0n) is 26.4. The van der Waals surface area contributed by atoms with Crippen LogP contribution in [-0.4, -0.2) is 44.8 Å². The fourth-order valence-corrected chi connectivity index (χ4v) is 7.41. The van der Waals surface area contributed by atoms with Crippen molar-refractivity contribution in [3.8, 4) is 0 Å². The number of hydrogen-bond donors (Lipinski definition) is 4. The number of aromatic amines is 2. The Morgan fingerprint density at radius 1 is 1.16 bits per heavy atom. The second-order valence-electron chi connectivity index (χ2n) is 12.1. The van der Waals surface area contributed by atoms with Gasteiger partial charge in [0.2, 0.25) is 0 Å². The summed E-state index contributed by atoms with van der Waals surface area (Å²) in [6, 6.07) is 0. The van der Waals surface area contributed by atoms with Crippen molar-refractivity contribution in [1.29, 1.82) is 0 Å². The van der Waals surface area contributed by atoms with Gasteiger partial charge in [0.05, 0.1) is 24.4 Å². The Bertz CT molecular complexity index is 1980. The first-order valence-corrected chi connectivity index (χ1v) is 15.2. The van der Waals surface area contributed by atoms with Crippen molar-refractivity contribution >= 4 is 42.0 Å². The number of carbonyl (C=O) groups is 2. The topological polar surface area (TPSA) is 160 Å². The predicted octanol–water partition coefficient (Wildman–Crippen LogP) is 2.84. The zero-order valence-corrected chi connectivity index (χ0v) is 26.4. The monoisotopic (exact) mass is 608 g/mol. The SMILES string of the molecule is C=Cc1c2[nH]c(c1C)/C=C1/[C@@H](C)[C@H](CCC(=O)O)C(=C3C4=NC(=C(C)C4=C([O-])[C@@H]3C(=O)OC)/C=c3\[nH]/c(c(C)c3CC)=C\2)N1N. The smallest absolute Gasteiger partial charge is 0.316 e. The van der Waals surface area contributed by atoms with Crippen molar-refractivity contribution in [2.24, 2.45) is 28.6 Å². The third-order valence-corrected chi connectivity index (χ3v) is 9.86. The molecule has 1 aliphatic carbocycles. The summed E-state index contributed by atoms with van der Waals surface area (Å²) in [5.41, 5.74) is 9.54. The highest BCUT2D eigenvalue weighted by atomic mass is 16.5. The zero-order chi connectivity index (χ0) is 32.5. The Kier molecular flexibility index (Phi) is 7.35. The number of nitrogens with two attached hydrogens (primary N) is 1. The molecule has 10 nitrogen and oxygen atoms in total. The maximum atomic E-state index is 14.1. The Balaban J connectivity index is 1.75. The molecule has 2 aromatic rings. The number of aliphatic carboxylic acids is 1. The highest BCUT2D eigenvalue weighted by Crippen LogP contribution is 2.50. The highest BCUT2D eigenvalue weighted by molar-refractivity contribution is 6.24. The maximum Gasteiger partial charge on any atom is 0.316 e. The molecular formula is C35H38N5O5-. The van der Waals surface area contributed by atoms with Gasteiger partial charge in [-0.15, -0.1) is 5.76 Å². The fraction of sp³-hybridized carbons (Fsp3) is 0.343. The first kappa shape index (κ1) is 30.2. The maximum absolute atomic E-state index is 14.1. The molecule has 10 heteroatoms. The Labute approximate surface area is 261 Å². The molecule has 6 rings (SSSR count). The van der Waals surface area contributed by atoms with Crippen LogP contribution in [0.1, 0.15) is 67.3 Å². The molecule has 1 fully saturated rings. The number of aliphatic imine (C=N–C) groups is 1. The van der Waals surface area contributed by atoms with Gasteiger partial charge in [0, 0.05) is 62.9 Å². The van der Waals surface area contributed by atoms with Gasteiger partial charge in [0.25, 0.3) is 0 Å². The van der Waals surface area contributed by atoms with Gasteiger partial charge in [0.15, 0.2) is 0 Å². The molecule has 2 aromatic heterocycles. The number of H-pyrrole nitrogens is 2. The van der Waals surface area contributed by atoms with E-state index in [0.29, 0.717) is 33.8 Å². The van der Waals surface area contributed by atoms with Gasteiger partial charge in [-0.1, -0.05) is 26.5 Å². The van der Waals surface area contributed by atoms with E-state index in [2.05, 4.69) is 36.5 Å². The van der Waals surface area contributed by atoms with Crippen LogP contribution < -0.4 is 21.6 Å². The van der Waals surface area contributed by atoms with Crippen molar-refractivity contribution in [2.45, 2.75) is 53.9 Å². The molecule has 0 spiro atoms. The summed E-state index contributed by atoms with van der Waals surface area (Å²) in [7, 11) is 1.25. The molecule has 5 N–H and O–H groups in total. The van der Waals surface area contributed by atoms with Crippen LogP contribution in [0.2, 0.25) is 0 Å². The minimum atomic E-state index is -1.26. The van der Waals surface area contributed by atoms with Crippen LogP contribution in [0.15, 0.2) is 51.1 Å². The number of carboxylic acid groups (broad SMARTS) is 1. The molecule has 0 aromatic carbocycles. The van der Waals surface area contributed by atoms with Gasteiger partial charge in [-0.2, -0.15) is 0 Å². The predicted molar refractivity (Wildman–Crippen MR) is 171 cm³/mol.